The van der Waals surface area contributed by atoms with Crippen LogP contribution in [0.1, 0.15) is 18.1 Å². The number of benzene rings is 2. The molecule has 2 nitrogen and oxygen atoms in total. The minimum Gasteiger partial charge on any atom is -0.399 e. The quantitative estimate of drug-likeness (QED) is 0.796. The summed E-state index contributed by atoms with van der Waals surface area (Å²) >= 11 is 0. The van der Waals surface area contributed by atoms with E-state index in [4.69, 9.17) is 5.73 Å². The molecular formula is C16H20N2. The Morgan fingerprint density at radius 1 is 0.944 bits per heavy atom. The van der Waals surface area contributed by atoms with Crippen molar-refractivity contribution in [1.82, 2.24) is 0 Å². The van der Waals surface area contributed by atoms with Gasteiger partial charge in [0, 0.05) is 17.9 Å². The van der Waals surface area contributed by atoms with Crippen LogP contribution in [0.4, 0.5) is 11.4 Å². The SMILES string of the molecule is CCNc1ccc(-c2ccc(N)cc2C)c(C)c1. The third-order valence-electron chi connectivity index (χ3n) is 3.15. The van der Waals surface area contributed by atoms with Crippen LogP contribution in [0, 0.1) is 13.8 Å². The smallest absolute Gasteiger partial charge is 0.0343 e. The summed E-state index contributed by atoms with van der Waals surface area (Å²) < 4.78 is 0. The van der Waals surface area contributed by atoms with Crippen LogP contribution in [0.5, 0.6) is 0 Å². The van der Waals surface area contributed by atoms with E-state index in [2.05, 4.69) is 50.4 Å². The summed E-state index contributed by atoms with van der Waals surface area (Å²) in [6.07, 6.45) is 0. The highest BCUT2D eigenvalue weighted by Gasteiger charge is 2.06. The Morgan fingerprint density at radius 2 is 1.56 bits per heavy atom. The highest BCUT2D eigenvalue weighted by molar-refractivity contribution is 5.74. The lowest BCUT2D eigenvalue weighted by atomic mass is 9.96. The van der Waals surface area contributed by atoms with Crippen LogP contribution in [0.2, 0.25) is 0 Å². The van der Waals surface area contributed by atoms with Crippen LogP contribution in [0.25, 0.3) is 11.1 Å². The molecule has 0 aliphatic carbocycles. The van der Waals surface area contributed by atoms with Gasteiger partial charge in [-0.3, -0.25) is 0 Å². The predicted molar refractivity (Wildman–Crippen MR) is 79.9 cm³/mol. The molecule has 0 unspecified atom stereocenters. The summed E-state index contributed by atoms with van der Waals surface area (Å²) in [5.41, 5.74) is 12.8. The normalized spacial score (nSPS) is 10.4. The summed E-state index contributed by atoms with van der Waals surface area (Å²) in [5.74, 6) is 0. The first-order chi connectivity index (χ1) is 8.61. The minimum absolute atomic E-state index is 0.818. The summed E-state index contributed by atoms with van der Waals surface area (Å²) in [6.45, 7) is 7.29. The Bertz CT molecular complexity index is 559. The number of anilines is 2. The number of nitrogens with two attached hydrogens (primary N) is 1. The summed E-state index contributed by atoms with van der Waals surface area (Å²) in [5, 5.41) is 3.33. The number of hydrogen-bond donors (Lipinski definition) is 2. The summed E-state index contributed by atoms with van der Waals surface area (Å²) in [4.78, 5) is 0. The molecule has 0 bridgehead atoms. The van der Waals surface area contributed by atoms with E-state index in [9.17, 15) is 0 Å². The molecule has 0 fully saturated rings. The molecule has 2 aromatic rings. The van der Waals surface area contributed by atoms with Crippen molar-refractivity contribution in [2.75, 3.05) is 17.6 Å². The van der Waals surface area contributed by atoms with Crippen LogP contribution >= 0.6 is 0 Å². The van der Waals surface area contributed by atoms with Gasteiger partial charge >= 0.3 is 0 Å². The monoisotopic (exact) mass is 240 g/mol. The second-order valence-electron chi connectivity index (χ2n) is 4.63. The fourth-order valence-corrected chi connectivity index (χ4v) is 2.27. The van der Waals surface area contributed by atoms with Crippen molar-refractivity contribution < 1.29 is 0 Å². The number of aryl methyl sites for hydroxylation is 2. The molecule has 0 radical (unpaired) electrons. The van der Waals surface area contributed by atoms with Gasteiger partial charge in [-0.25, -0.2) is 0 Å². The number of nitrogen functional groups attached to an aromatic ring is 1. The van der Waals surface area contributed by atoms with Crippen molar-refractivity contribution >= 4 is 11.4 Å². The molecule has 2 aromatic carbocycles. The van der Waals surface area contributed by atoms with Gasteiger partial charge in [0.05, 0.1) is 0 Å². The highest BCUT2D eigenvalue weighted by Crippen LogP contribution is 2.29. The Balaban J connectivity index is 2.44. The molecule has 0 aliphatic heterocycles. The third-order valence-corrected chi connectivity index (χ3v) is 3.15. The van der Waals surface area contributed by atoms with Crippen molar-refractivity contribution in [2.45, 2.75) is 20.8 Å². The maximum atomic E-state index is 5.80. The van der Waals surface area contributed by atoms with E-state index < -0.39 is 0 Å². The summed E-state index contributed by atoms with van der Waals surface area (Å²) in [7, 11) is 0. The zero-order valence-corrected chi connectivity index (χ0v) is 11.2. The Hall–Kier alpha value is -1.96. The van der Waals surface area contributed by atoms with Crippen LogP contribution < -0.4 is 11.1 Å². The van der Waals surface area contributed by atoms with Crippen molar-refractivity contribution in [1.29, 1.82) is 0 Å². The highest BCUT2D eigenvalue weighted by atomic mass is 14.8. The van der Waals surface area contributed by atoms with E-state index in [0.29, 0.717) is 0 Å². The number of nitrogens with one attached hydrogen (secondary N) is 1. The molecule has 0 saturated carbocycles. The third kappa shape index (κ3) is 2.48. The topological polar surface area (TPSA) is 38.0 Å². The van der Waals surface area contributed by atoms with Crippen LogP contribution in [0.3, 0.4) is 0 Å². The molecule has 18 heavy (non-hydrogen) atoms. The van der Waals surface area contributed by atoms with Gasteiger partial charge in [-0.05, 0) is 67.3 Å². The lowest BCUT2D eigenvalue weighted by Gasteiger charge is -2.12. The maximum absolute atomic E-state index is 5.80. The molecule has 0 saturated heterocycles. The van der Waals surface area contributed by atoms with E-state index in [1.54, 1.807) is 0 Å². The number of hydrogen-bond acceptors (Lipinski definition) is 2. The molecule has 3 N–H and O–H groups in total. The van der Waals surface area contributed by atoms with Gasteiger partial charge < -0.3 is 11.1 Å². The number of rotatable bonds is 3. The van der Waals surface area contributed by atoms with Gasteiger partial charge in [0.15, 0.2) is 0 Å². The van der Waals surface area contributed by atoms with Gasteiger partial charge in [0.2, 0.25) is 0 Å². The first-order valence-corrected chi connectivity index (χ1v) is 6.33. The van der Waals surface area contributed by atoms with Gasteiger partial charge in [-0.2, -0.15) is 0 Å². The molecule has 2 rings (SSSR count). The molecule has 0 spiro atoms. The van der Waals surface area contributed by atoms with Crippen molar-refractivity contribution in [3.8, 4) is 11.1 Å². The van der Waals surface area contributed by atoms with E-state index in [-0.39, 0.29) is 0 Å². The Morgan fingerprint density at radius 3 is 2.11 bits per heavy atom. The van der Waals surface area contributed by atoms with Gasteiger partial charge in [0.25, 0.3) is 0 Å². The molecule has 0 atom stereocenters. The molecule has 0 aromatic heterocycles. The van der Waals surface area contributed by atoms with Crippen LogP contribution in [-0.4, -0.2) is 6.54 Å². The average Bonchev–Trinajstić information content (AvgIpc) is 2.31. The molecule has 0 heterocycles. The zero-order valence-electron chi connectivity index (χ0n) is 11.2. The fourth-order valence-electron chi connectivity index (χ4n) is 2.27. The fraction of sp³-hybridized carbons (Fsp3) is 0.250. The Kier molecular flexibility index (Phi) is 3.56. The minimum atomic E-state index is 0.818. The Labute approximate surface area is 109 Å². The van der Waals surface area contributed by atoms with Crippen molar-refractivity contribution in [2.24, 2.45) is 0 Å². The lowest BCUT2D eigenvalue weighted by Crippen LogP contribution is -1.97. The predicted octanol–water partition coefficient (Wildman–Crippen LogP) is 3.98. The van der Waals surface area contributed by atoms with E-state index >= 15 is 0 Å². The first-order valence-electron chi connectivity index (χ1n) is 6.33. The van der Waals surface area contributed by atoms with Crippen molar-refractivity contribution in [3.05, 3.63) is 47.5 Å². The lowest BCUT2D eigenvalue weighted by molar-refractivity contribution is 1.21. The van der Waals surface area contributed by atoms with Crippen LogP contribution in [-0.2, 0) is 0 Å². The molecule has 0 amide bonds. The average molecular weight is 240 g/mol. The van der Waals surface area contributed by atoms with Gasteiger partial charge in [-0.1, -0.05) is 12.1 Å². The first kappa shape index (κ1) is 12.5. The van der Waals surface area contributed by atoms with E-state index in [1.807, 2.05) is 12.1 Å². The second kappa shape index (κ2) is 5.13. The zero-order chi connectivity index (χ0) is 13.1. The van der Waals surface area contributed by atoms with E-state index in [1.165, 1.54) is 27.9 Å². The molecule has 0 aliphatic rings. The maximum Gasteiger partial charge on any atom is 0.0343 e. The standard InChI is InChI=1S/C16H20N2/c1-4-18-14-6-8-16(12(3)10-14)15-7-5-13(17)9-11(15)2/h5-10,18H,4,17H2,1-3H3. The summed E-state index contributed by atoms with van der Waals surface area (Å²) in [6, 6.07) is 12.6. The molecular weight excluding hydrogens is 220 g/mol. The van der Waals surface area contributed by atoms with E-state index in [0.717, 1.165) is 12.2 Å². The van der Waals surface area contributed by atoms with Gasteiger partial charge in [0.1, 0.15) is 0 Å². The van der Waals surface area contributed by atoms with Gasteiger partial charge in [-0.15, -0.1) is 0 Å². The molecule has 2 heteroatoms. The van der Waals surface area contributed by atoms with Crippen molar-refractivity contribution in [3.63, 3.8) is 0 Å². The van der Waals surface area contributed by atoms with Crippen LogP contribution in [0.15, 0.2) is 36.4 Å². The molecule has 94 valence electrons. The largest absolute Gasteiger partial charge is 0.399 e. The second-order valence-corrected chi connectivity index (χ2v) is 4.63.